The summed E-state index contributed by atoms with van der Waals surface area (Å²) in [6, 6.07) is 26.0. The normalized spacial score (nSPS) is 20.8. The number of ether oxygens (including phenoxy) is 1. The van der Waals surface area contributed by atoms with Gasteiger partial charge in [0.1, 0.15) is 12.1 Å². The topological polar surface area (TPSA) is 46.6 Å². The van der Waals surface area contributed by atoms with Crippen molar-refractivity contribution in [1.29, 1.82) is 0 Å². The number of amides is 1. The molecule has 0 spiro atoms. The molecule has 0 saturated carbocycles. The minimum atomic E-state index is -0.228. The standard InChI is InChI=1S/C25H19NO3/c27-21(17-9-3-1-4-10-17)16-23-26(25(28)18-11-5-2-6-12-18)24-20-14-8-7-13-19(20)15-22(24)29-23/h1-14,16,22,24H,15H2/b23-16+/t22-,24+/m1/s1. The Morgan fingerprint density at radius 3 is 2.17 bits per heavy atom. The molecule has 1 heterocycles. The van der Waals surface area contributed by atoms with Crippen LogP contribution in [0.4, 0.5) is 0 Å². The van der Waals surface area contributed by atoms with Gasteiger partial charge in [0.25, 0.3) is 5.91 Å². The minimum Gasteiger partial charge on any atom is -0.472 e. The van der Waals surface area contributed by atoms with Gasteiger partial charge in [-0.1, -0.05) is 72.8 Å². The van der Waals surface area contributed by atoms with Crippen LogP contribution in [-0.2, 0) is 11.2 Å². The van der Waals surface area contributed by atoms with Crippen molar-refractivity contribution < 1.29 is 14.3 Å². The smallest absolute Gasteiger partial charge is 0.261 e. The Morgan fingerprint density at radius 2 is 1.45 bits per heavy atom. The molecule has 2 atom stereocenters. The molecular formula is C25H19NO3. The molecule has 3 aromatic carbocycles. The first kappa shape index (κ1) is 17.4. The molecule has 29 heavy (non-hydrogen) atoms. The lowest BCUT2D eigenvalue weighted by Gasteiger charge is -2.22. The summed E-state index contributed by atoms with van der Waals surface area (Å²) < 4.78 is 6.16. The molecule has 4 heteroatoms. The van der Waals surface area contributed by atoms with Crippen LogP contribution in [0.5, 0.6) is 0 Å². The summed E-state index contributed by atoms with van der Waals surface area (Å²) in [5.74, 6) is -0.0288. The number of carbonyl (C=O) groups is 2. The van der Waals surface area contributed by atoms with E-state index < -0.39 is 0 Å². The van der Waals surface area contributed by atoms with Gasteiger partial charge < -0.3 is 4.74 Å². The third-order valence-electron chi connectivity index (χ3n) is 5.49. The summed E-state index contributed by atoms with van der Waals surface area (Å²) in [7, 11) is 0. The van der Waals surface area contributed by atoms with Crippen molar-refractivity contribution in [3.05, 3.63) is 119 Å². The van der Waals surface area contributed by atoms with Crippen LogP contribution >= 0.6 is 0 Å². The fourth-order valence-corrected chi connectivity index (χ4v) is 4.15. The molecule has 4 nitrogen and oxygen atoms in total. The van der Waals surface area contributed by atoms with Crippen molar-refractivity contribution in [2.24, 2.45) is 0 Å². The SMILES string of the molecule is O=C(/C=C1/O[C@@H]2Cc3ccccc3[C@@H]2N1C(=O)c1ccccc1)c1ccccc1. The maximum absolute atomic E-state index is 13.4. The third kappa shape index (κ3) is 3.03. The summed E-state index contributed by atoms with van der Waals surface area (Å²) in [4.78, 5) is 27.8. The average molecular weight is 381 g/mol. The Bertz CT molecular complexity index is 1110. The Kier molecular flexibility index (Phi) is 4.24. The third-order valence-corrected chi connectivity index (χ3v) is 5.49. The van der Waals surface area contributed by atoms with E-state index in [1.807, 2.05) is 54.6 Å². The predicted octanol–water partition coefficient (Wildman–Crippen LogP) is 4.55. The fraction of sp³-hybridized carbons (Fsp3) is 0.120. The summed E-state index contributed by atoms with van der Waals surface area (Å²) in [5, 5.41) is 0. The van der Waals surface area contributed by atoms with E-state index in [2.05, 4.69) is 6.07 Å². The second-order valence-corrected chi connectivity index (χ2v) is 7.26. The van der Waals surface area contributed by atoms with Crippen molar-refractivity contribution >= 4 is 11.7 Å². The number of hydrogen-bond acceptors (Lipinski definition) is 3. The molecule has 142 valence electrons. The van der Waals surface area contributed by atoms with E-state index in [0.29, 0.717) is 17.0 Å². The molecule has 0 aromatic heterocycles. The lowest BCUT2D eigenvalue weighted by atomic mass is 10.1. The second kappa shape index (κ2) is 7.06. The largest absolute Gasteiger partial charge is 0.472 e. The lowest BCUT2D eigenvalue weighted by molar-refractivity contribution is 0.0765. The maximum atomic E-state index is 13.4. The van der Waals surface area contributed by atoms with Gasteiger partial charge in [-0.15, -0.1) is 0 Å². The molecule has 1 fully saturated rings. The van der Waals surface area contributed by atoms with Gasteiger partial charge in [-0.05, 0) is 23.3 Å². The first-order valence-corrected chi connectivity index (χ1v) is 9.66. The predicted molar refractivity (Wildman–Crippen MR) is 109 cm³/mol. The van der Waals surface area contributed by atoms with Crippen molar-refractivity contribution in [2.75, 3.05) is 0 Å². The van der Waals surface area contributed by atoms with E-state index in [4.69, 9.17) is 4.74 Å². The Balaban J connectivity index is 1.57. The van der Waals surface area contributed by atoms with Crippen LogP contribution in [0.1, 0.15) is 37.9 Å². The molecule has 1 aliphatic heterocycles. The molecule has 3 aromatic rings. The number of allylic oxidation sites excluding steroid dienone is 1. The summed E-state index contributed by atoms with van der Waals surface area (Å²) in [6.07, 6.45) is 1.97. The van der Waals surface area contributed by atoms with Crippen LogP contribution in [0.25, 0.3) is 0 Å². The highest BCUT2D eigenvalue weighted by atomic mass is 16.5. The van der Waals surface area contributed by atoms with E-state index in [9.17, 15) is 9.59 Å². The molecule has 1 aliphatic carbocycles. The minimum absolute atomic E-state index is 0.165. The van der Waals surface area contributed by atoms with Crippen molar-refractivity contribution in [2.45, 2.75) is 18.6 Å². The highest BCUT2D eigenvalue weighted by Gasteiger charge is 2.48. The first-order valence-electron chi connectivity index (χ1n) is 9.66. The van der Waals surface area contributed by atoms with E-state index in [-0.39, 0.29) is 23.8 Å². The first-order chi connectivity index (χ1) is 14.2. The van der Waals surface area contributed by atoms with Gasteiger partial charge in [-0.25, -0.2) is 0 Å². The van der Waals surface area contributed by atoms with E-state index in [1.54, 1.807) is 29.2 Å². The van der Waals surface area contributed by atoms with Gasteiger partial charge in [0.05, 0.1) is 0 Å². The Morgan fingerprint density at radius 1 is 0.828 bits per heavy atom. The van der Waals surface area contributed by atoms with Crippen molar-refractivity contribution in [1.82, 2.24) is 4.90 Å². The van der Waals surface area contributed by atoms with Crippen LogP contribution in [0.2, 0.25) is 0 Å². The number of nitrogens with zero attached hydrogens (tertiary/aromatic N) is 1. The molecular weight excluding hydrogens is 362 g/mol. The Hall–Kier alpha value is -3.66. The number of rotatable bonds is 3. The van der Waals surface area contributed by atoms with Crippen LogP contribution in [0.15, 0.2) is 96.9 Å². The van der Waals surface area contributed by atoms with Crippen LogP contribution < -0.4 is 0 Å². The zero-order chi connectivity index (χ0) is 19.8. The molecule has 1 saturated heterocycles. The molecule has 0 radical (unpaired) electrons. The maximum Gasteiger partial charge on any atom is 0.261 e. The molecule has 5 rings (SSSR count). The number of ketones is 1. The van der Waals surface area contributed by atoms with E-state index >= 15 is 0 Å². The van der Waals surface area contributed by atoms with Gasteiger partial charge >= 0.3 is 0 Å². The summed E-state index contributed by atoms with van der Waals surface area (Å²) >= 11 is 0. The van der Waals surface area contributed by atoms with Crippen LogP contribution in [0, 0.1) is 0 Å². The van der Waals surface area contributed by atoms with Gasteiger partial charge in [0.2, 0.25) is 5.88 Å². The average Bonchev–Trinajstić information content (AvgIpc) is 3.30. The van der Waals surface area contributed by atoms with Gasteiger partial charge in [-0.2, -0.15) is 0 Å². The Labute approximate surface area is 169 Å². The zero-order valence-corrected chi connectivity index (χ0v) is 15.7. The van der Waals surface area contributed by atoms with E-state index in [0.717, 1.165) is 12.0 Å². The van der Waals surface area contributed by atoms with Crippen molar-refractivity contribution in [3.63, 3.8) is 0 Å². The number of fused-ring (bicyclic) bond motifs is 3. The quantitative estimate of drug-likeness (QED) is 0.494. The summed E-state index contributed by atoms with van der Waals surface area (Å²) in [5.41, 5.74) is 3.39. The molecule has 0 bridgehead atoms. The highest BCUT2D eigenvalue weighted by molar-refractivity contribution is 6.05. The lowest BCUT2D eigenvalue weighted by Crippen LogP contribution is -2.31. The number of benzene rings is 3. The second-order valence-electron chi connectivity index (χ2n) is 7.26. The fourth-order valence-electron chi connectivity index (χ4n) is 4.15. The number of carbonyl (C=O) groups excluding carboxylic acids is 2. The van der Waals surface area contributed by atoms with Gasteiger partial charge in [-0.3, -0.25) is 14.5 Å². The monoisotopic (exact) mass is 381 g/mol. The van der Waals surface area contributed by atoms with Crippen LogP contribution in [0.3, 0.4) is 0 Å². The molecule has 1 amide bonds. The summed E-state index contributed by atoms with van der Waals surface area (Å²) in [6.45, 7) is 0. The molecule has 0 unspecified atom stereocenters. The molecule has 0 N–H and O–H groups in total. The number of hydrogen-bond donors (Lipinski definition) is 0. The van der Waals surface area contributed by atoms with Crippen LogP contribution in [-0.4, -0.2) is 22.7 Å². The molecule has 2 aliphatic rings. The highest BCUT2D eigenvalue weighted by Crippen LogP contribution is 2.46. The van der Waals surface area contributed by atoms with E-state index in [1.165, 1.54) is 11.6 Å². The zero-order valence-electron chi connectivity index (χ0n) is 15.7. The van der Waals surface area contributed by atoms with Crippen molar-refractivity contribution in [3.8, 4) is 0 Å². The van der Waals surface area contributed by atoms with Gasteiger partial charge in [0, 0.05) is 23.6 Å². The van der Waals surface area contributed by atoms with Gasteiger partial charge in [0.15, 0.2) is 5.78 Å².